The maximum absolute atomic E-state index is 11.5. The van der Waals surface area contributed by atoms with E-state index in [2.05, 4.69) is 6.92 Å². The Bertz CT molecular complexity index is 409. The van der Waals surface area contributed by atoms with Crippen LogP contribution in [0.5, 0.6) is 0 Å². The molecule has 0 aromatic carbocycles. The lowest BCUT2D eigenvalue weighted by molar-refractivity contribution is 0.0525. The summed E-state index contributed by atoms with van der Waals surface area (Å²) in [6.07, 6.45) is 3.50. The number of pyridine rings is 1. The minimum absolute atomic E-state index is 0.0819. The van der Waals surface area contributed by atoms with Gasteiger partial charge in [0.1, 0.15) is 0 Å². The van der Waals surface area contributed by atoms with Crippen molar-refractivity contribution in [2.45, 2.75) is 33.2 Å². The molecule has 4 heteroatoms. The number of aromatic nitrogens is 1. The highest BCUT2D eigenvalue weighted by Gasteiger charge is 2.07. The Morgan fingerprint density at radius 1 is 1.38 bits per heavy atom. The first-order valence-electron chi connectivity index (χ1n) is 5.56. The zero-order valence-corrected chi connectivity index (χ0v) is 9.73. The Labute approximate surface area is 94.9 Å². The molecule has 1 rings (SSSR count). The number of unbranched alkanes of at least 4 members (excludes halogenated alkanes) is 1. The summed E-state index contributed by atoms with van der Waals surface area (Å²) in [6, 6.07) is 2.91. The van der Waals surface area contributed by atoms with E-state index in [0.29, 0.717) is 18.7 Å². The van der Waals surface area contributed by atoms with E-state index in [1.54, 1.807) is 17.7 Å². The molecule has 0 aliphatic rings. The van der Waals surface area contributed by atoms with E-state index in [4.69, 9.17) is 4.74 Å². The molecule has 0 amide bonds. The molecular formula is C12H17NO3. The van der Waals surface area contributed by atoms with Crippen LogP contribution < -0.4 is 5.56 Å². The van der Waals surface area contributed by atoms with Crippen molar-refractivity contribution in [2.75, 3.05) is 6.61 Å². The lowest BCUT2D eigenvalue weighted by Gasteiger charge is -2.06. The first-order valence-corrected chi connectivity index (χ1v) is 5.56. The molecule has 0 unspecified atom stereocenters. The standard InChI is InChI=1S/C12H17NO3/c1-3-5-8-13-9-10(6-7-11(13)14)12(15)16-4-2/h6-7,9H,3-5,8H2,1-2H3. The van der Waals surface area contributed by atoms with Gasteiger partial charge in [-0.1, -0.05) is 13.3 Å². The third-order valence-corrected chi connectivity index (χ3v) is 2.25. The monoisotopic (exact) mass is 223 g/mol. The van der Waals surface area contributed by atoms with Gasteiger partial charge >= 0.3 is 5.97 Å². The minimum atomic E-state index is -0.382. The van der Waals surface area contributed by atoms with E-state index in [-0.39, 0.29) is 11.5 Å². The van der Waals surface area contributed by atoms with Gasteiger partial charge in [-0.25, -0.2) is 4.79 Å². The van der Waals surface area contributed by atoms with Gasteiger partial charge in [0.15, 0.2) is 0 Å². The van der Waals surface area contributed by atoms with E-state index in [1.165, 1.54) is 12.1 Å². The second-order valence-corrected chi connectivity index (χ2v) is 3.52. The summed E-state index contributed by atoms with van der Waals surface area (Å²) in [5.41, 5.74) is 0.346. The van der Waals surface area contributed by atoms with E-state index in [0.717, 1.165) is 12.8 Å². The van der Waals surface area contributed by atoms with E-state index in [9.17, 15) is 9.59 Å². The number of aryl methyl sites for hydroxylation is 1. The Kier molecular flexibility index (Phi) is 4.76. The average molecular weight is 223 g/mol. The molecule has 16 heavy (non-hydrogen) atoms. The van der Waals surface area contributed by atoms with Gasteiger partial charge in [-0.05, 0) is 19.4 Å². The molecule has 0 radical (unpaired) electrons. The molecular weight excluding hydrogens is 206 g/mol. The molecule has 0 aliphatic carbocycles. The van der Waals surface area contributed by atoms with Gasteiger partial charge in [-0.15, -0.1) is 0 Å². The van der Waals surface area contributed by atoms with Gasteiger partial charge in [0.05, 0.1) is 12.2 Å². The SMILES string of the molecule is CCCCn1cc(C(=O)OCC)ccc1=O. The Balaban J connectivity index is 2.88. The molecule has 0 N–H and O–H groups in total. The molecule has 88 valence electrons. The number of hydrogen-bond donors (Lipinski definition) is 0. The summed E-state index contributed by atoms with van der Waals surface area (Å²) >= 11 is 0. The van der Waals surface area contributed by atoms with Crippen molar-refractivity contribution >= 4 is 5.97 Å². The average Bonchev–Trinajstić information content (AvgIpc) is 2.28. The van der Waals surface area contributed by atoms with Gasteiger partial charge in [-0.2, -0.15) is 0 Å². The Morgan fingerprint density at radius 3 is 2.75 bits per heavy atom. The fourth-order valence-corrected chi connectivity index (χ4v) is 1.37. The lowest BCUT2D eigenvalue weighted by atomic mass is 10.2. The van der Waals surface area contributed by atoms with Crippen molar-refractivity contribution in [2.24, 2.45) is 0 Å². The molecule has 1 heterocycles. The van der Waals surface area contributed by atoms with Crippen LogP contribution in [-0.4, -0.2) is 17.1 Å². The largest absolute Gasteiger partial charge is 0.462 e. The summed E-state index contributed by atoms with van der Waals surface area (Å²) in [4.78, 5) is 22.9. The first kappa shape index (κ1) is 12.5. The summed E-state index contributed by atoms with van der Waals surface area (Å²) in [5, 5.41) is 0. The van der Waals surface area contributed by atoms with Crippen molar-refractivity contribution in [1.82, 2.24) is 4.57 Å². The van der Waals surface area contributed by atoms with Crippen molar-refractivity contribution in [3.8, 4) is 0 Å². The maximum atomic E-state index is 11.5. The fourth-order valence-electron chi connectivity index (χ4n) is 1.37. The van der Waals surface area contributed by atoms with Crippen LogP contribution in [0.15, 0.2) is 23.1 Å². The maximum Gasteiger partial charge on any atom is 0.339 e. The second kappa shape index (κ2) is 6.10. The smallest absolute Gasteiger partial charge is 0.339 e. The minimum Gasteiger partial charge on any atom is -0.462 e. The van der Waals surface area contributed by atoms with Crippen LogP contribution in [0.2, 0.25) is 0 Å². The van der Waals surface area contributed by atoms with Crippen LogP contribution in [0.3, 0.4) is 0 Å². The molecule has 1 aromatic heterocycles. The lowest BCUT2D eigenvalue weighted by Crippen LogP contribution is -2.20. The molecule has 0 spiro atoms. The number of nitrogens with zero attached hydrogens (tertiary/aromatic N) is 1. The highest BCUT2D eigenvalue weighted by molar-refractivity contribution is 5.88. The summed E-state index contributed by atoms with van der Waals surface area (Å²) < 4.78 is 6.42. The van der Waals surface area contributed by atoms with Gasteiger partial charge < -0.3 is 9.30 Å². The molecule has 0 saturated heterocycles. The predicted molar refractivity (Wildman–Crippen MR) is 61.6 cm³/mol. The van der Waals surface area contributed by atoms with Crippen molar-refractivity contribution in [1.29, 1.82) is 0 Å². The third-order valence-electron chi connectivity index (χ3n) is 2.25. The van der Waals surface area contributed by atoms with E-state index < -0.39 is 0 Å². The molecule has 4 nitrogen and oxygen atoms in total. The number of hydrogen-bond acceptors (Lipinski definition) is 3. The van der Waals surface area contributed by atoms with E-state index in [1.807, 2.05) is 0 Å². The van der Waals surface area contributed by atoms with Crippen LogP contribution in [0, 0.1) is 0 Å². The number of carbonyl (C=O) groups is 1. The zero-order valence-electron chi connectivity index (χ0n) is 9.73. The van der Waals surface area contributed by atoms with Crippen molar-refractivity contribution in [3.05, 3.63) is 34.2 Å². The summed E-state index contributed by atoms with van der Waals surface area (Å²) in [6.45, 7) is 4.79. The number of esters is 1. The summed E-state index contributed by atoms with van der Waals surface area (Å²) in [5.74, 6) is -0.382. The van der Waals surface area contributed by atoms with Gasteiger partial charge in [0.2, 0.25) is 0 Å². The van der Waals surface area contributed by atoms with Crippen LogP contribution in [-0.2, 0) is 11.3 Å². The van der Waals surface area contributed by atoms with Crippen LogP contribution in [0.1, 0.15) is 37.0 Å². The molecule has 0 atom stereocenters. The fraction of sp³-hybridized carbons (Fsp3) is 0.500. The van der Waals surface area contributed by atoms with Crippen LogP contribution in [0.4, 0.5) is 0 Å². The number of ether oxygens (including phenoxy) is 1. The molecule has 0 saturated carbocycles. The van der Waals surface area contributed by atoms with Crippen LogP contribution in [0.25, 0.3) is 0 Å². The molecule has 0 fully saturated rings. The molecule has 0 bridgehead atoms. The number of rotatable bonds is 5. The highest BCUT2D eigenvalue weighted by atomic mass is 16.5. The van der Waals surface area contributed by atoms with Gasteiger partial charge in [0, 0.05) is 18.8 Å². The predicted octanol–water partition coefficient (Wildman–Crippen LogP) is 1.83. The highest BCUT2D eigenvalue weighted by Crippen LogP contribution is 2.00. The molecule has 0 aliphatic heterocycles. The second-order valence-electron chi connectivity index (χ2n) is 3.52. The first-order chi connectivity index (χ1) is 7.69. The van der Waals surface area contributed by atoms with E-state index >= 15 is 0 Å². The quantitative estimate of drug-likeness (QED) is 0.715. The zero-order chi connectivity index (χ0) is 12.0. The normalized spacial score (nSPS) is 10.1. The van der Waals surface area contributed by atoms with Gasteiger partial charge in [0.25, 0.3) is 5.56 Å². The summed E-state index contributed by atoms with van der Waals surface area (Å²) in [7, 11) is 0. The van der Waals surface area contributed by atoms with Gasteiger partial charge in [-0.3, -0.25) is 4.79 Å². The number of carbonyl (C=O) groups excluding carboxylic acids is 1. The Hall–Kier alpha value is -1.58. The third kappa shape index (κ3) is 3.22. The Morgan fingerprint density at radius 2 is 2.12 bits per heavy atom. The van der Waals surface area contributed by atoms with Crippen molar-refractivity contribution < 1.29 is 9.53 Å². The van der Waals surface area contributed by atoms with Crippen LogP contribution >= 0.6 is 0 Å². The topological polar surface area (TPSA) is 48.3 Å². The molecule has 1 aromatic rings. The van der Waals surface area contributed by atoms with Crippen molar-refractivity contribution in [3.63, 3.8) is 0 Å².